The third-order valence-corrected chi connectivity index (χ3v) is 7.42. The number of anilines is 1. The van der Waals surface area contributed by atoms with Crippen LogP contribution in [0.15, 0.2) is 46.8 Å². The summed E-state index contributed by atoms with van der Waals surface area (Å²) in [5, 5.41) is 5.64. The molecule has 0 radical (unpaired) electrons. The van der Waals surface area contributed by atoms with E-state index in [9.17, 15) is 9.59 Å². The summed E-state index contributed by atoms with van der Waals surface area (Å²) in [6.07, 6.45) is 2.41. The Labute approximate surface area is 206 Å². The quantitative estimate of drug-likeness (QED) is 0.535. The van der Waals surface area contributed by atoms with Crippen molar-refractivity contribution in [2.45, 2.75) is 32.7 Å². The van der Waals surface area contributed by atoms with Crippen LogP contribution in [0.2, 0.25) is 5.02 Å². The second-order valence-electron chi connectivity index (χ2n) is 8.44. The van der Waals surface area contributed by atoms with Crippen molar-refractivity contribution < 1.29 is 14.3 Å². The van der Waals surface area contributed by atoms with E-state index in [1.54, 1.807) is 11.3 Å². The second kappa shape index (κ2) is 9.64. The molecule has 9 heteroatoms. The fourth-order valence-electron chi connectivity index (χ4n) is 4.29. The maximum atomic E-state index is 12.0. The van der Waals surface area contributed by atoms with E-state index < -0.39 is 0 Å². The van der Waals surface area contributed by atoms with Crippen LogP contribution >= 0.6 is 22.9 Å². The molecule has 0 atom stereocenters. The molecule has 0 spiro atoms. The number of carbonyl (C=O) groups excluding carboxylic acids is 2. The van der Waals surface area contributed by atoms with Crippen molar-refractivity contribution in [1.29, 1.82) is 0 Å². The maximum absolute atomic E-state index is 12.0. The summed E-state index contributed by atoms with van der Waals surface area (Å²) in [5.41, 5.74) is 4.39. The molecular weight excluding hydrogens is 472 g/mol. The first-order valence-electron chi connectivity index (χ1n) is 11.3. The summed E-state index contributed by atoms with van der Waals surface area (Å²) < 4.78 is 7.69. The largest absolute Gasteiger partial charge is 0.482 e. The van der Waals surface area contributed by atoms with Gasteiger partial charge in [-0.15, -0.1) is 11.3 Å². The molecule has 0 aliphatic carbocycles. The number of nitrogens with one attached hydrogen (secondary N) is 1. The monoisotopic (exact) mass is 496 g/mol. The highest BCUT2D eigenvalue weighted by Gasteiger charge is 2.20. The highest BCUT2D eigenvalue weighted by molar-refractivity contribution is 7.07. The lowest BCUT2D eigenvalue weighted by Crippen LogP contribution is -2.27. The van der Waals surface area contributed by atoms with Gasteiger partial charge in [-0.3, -0.25) is 9.59 Å². The number of nitrogens with zero attached hydrogens (tertiary/aromatic N) is 3. The average Bonchev–Trinajstić information content (AvgIpc) is 3.42. The van der Waals surface area contributed by atoms with Crippen LogP contribution in [0.3, 0.4) is 0 Å². The van der Waals surface area contributed by atoms with Crippen LogP contribution < -0.4 is 14.9 Å². The number of likely N-dealkylation sites (tertiary alicyclic amines) is 1. The Bertz CT molecular complexity index is 1330. The number of ether oxygens (including phenoxy) is 1. The van der Waals surface area contributed by atoms with Crippen molar-refractivity contribution in [2.24, 2.45) is 4.99 Å². The van der Waals surface area contributed by atoms with Crippen molar-refractivity contribution >= 4 is 46.1 Å². The Hall–Kier alpha value is -3.10. The number of carbonyl (C=O) groups is 2. The Morgan fingerprint density at radius 3 is 2.91 bits per heavy atom. The van der Waals surface area contributed by atoms with Gasteiger partial charge in [-0.2, -0.15) is 0 Å². The fourth-order valence-corrected chi connectivity index (χ4v) is 5.41. The molecule has 0 unspecified atom stereocenters. The van der Waals surface area contributed by atoms with E-state index >= 15 is 0 Å². The molecule has 2 amide bonds. The molecule has 3 aromatic rings. The molecule has 1 saturated heterocycles. The van der Waals surface area contributed by atoms with Crippen LogP contribution in [0.25, 0.3) is 11.3 Å². The Balaban J connectivity index is 1.52. The number of amides is 2. The second-order valence-corrected chi connectivity index (χ2v) is 9.68. The van der Waals surface area contributed by atoms with Gasteiger partial charge in [-0.1, -0.05) is 17.7 Å². The SMILES string of the molecule is Cc1c(Cl)cccc1N=c1scc(-c2ccc3c(c2)NC(=O)CO3)n1CCCN1CCCC1=O. The predicted molar refractivity (Wildman–Crippen MR) is 134 cm³/mol. The first kappa shape index (κ1) is 22.7. The summed E-state index contributed by atoms with van der Waals surface area (Å²) in [6.45, 7) is 4.27. The zero-order valence-electron chi connectivity index (χ0n) is 18.8. The lowest BCUT2D eigenvalue weighted by Gasteiger charge is -2.19. The van der Waals surface area contributed by atoms with E-state index in [0.29, 0.717) is 29.4 Å². The van der Waals surface area contributed by atoms with E-state index in [1.165, 1.54) is 0 Å². The molecule has 34 heavy (non-hydrogen) atoms. The highest BCUT2D eigenvalue weighted by atomic mass is 35.5. The normalized spacial score (nSPS) is 15.9. The summed E-state index contributed by atoms with van der Waals surface area (Å²) in [6, 6.07) is 11.5. The van der Waals surface area contributed by atoms with Gasteiger partial charge in [-0.05, 0) is 55.7 Å². The number of aromatic nitrogens is 1. The van der Waals surface area contributed by atoms with Gasteiger partial charge in [0, 0.05) is 42.0 Å². The molecule has 0 saturated carbocycles. The molecule has 176 valence electrons. The van der Waals surface area contributed by atoms with Crippen LogP contribution in [0.5, 0.6) is 5.75 Å². The van der Waals surface area contributed by atoms with E-state index in [0.717, 1.165) is 53.2 Å². The van der Waals surface area contributed by atoms with E-state index in [1.807, 2.05) is 48.2 Å². The Kier molecular flexibility index (Phi) is 6.43. The molecule has 1 N–H and O–H groups in total. The van der Waals surface area contributed by atoms with Gasteiger partial charge >= 0.3 is 0 Å². The van der Waals surface area contributed by atoms with Gasteiger partial charge in [0.15, 0.2) is 11.4 Å². The first-order chi connectivity index (χ1) is 16.5. The van der Waals surface area contributed by atoms with Crippen molar-refractivity contribution in [2.75, 3.05) is 25.0 Å². The van der Waals surface area contributed by atoms with Crippen molar-refractivity contribution in [3.05, 3.63) is 57.2 Å². The van der Waals surface area contributed by atoms with Crippen LogP contribution in [-0.2, 0) is 16.1 Å². The number of halogens is 1. The van der Waals surface area contributed by atoms with Crippen LogP contribution in [0.4, 0.5) is 11.4 Å². The topological polar surface area (TPSA) is 75.9 Å². The zero-order valence-corrected chi connectivity index (χ0v) is 20.4. The number of benzene rings is 2. The van der Waals surface area contributed by atoms with Gasteiger partial charge in [0.1, 0.15) is 5.75 Å². The lowest BCUT2D eigenvalue weighted by molar-refractivity contribution is -0.127. The van der Waals surface area contributed by atoms with Gasteiger partial charge < -0.3 is 19.5 Å². The standard InChI is InChI=1S/C25H25ClN4O3S/c1-16-18(26)5-2-6-19(16)28-25-30(12-4-11-29-10-3-7-24(29)32)21(15-34-25)17-8-9-22-20(13-17)27-23(31)14-33-22/h2,5-6,8-9,13,15H,3-4,7,10-12,14H2,1H3,(H,27,31). The molecule has 1 aromatic heterocycles. The minimum atomic E-state index is -0.162. The minimum absolute atomic E-state index is 0.0298. The van der Waals surface area contributed by atoms with E-state index in [-0.39, 0.29) is 18.4 Å². The highest BCUT2D eigenvalue weighted by Crippen LogP contribution is 2.33. The minimum Gasteiger partial charge on any atom is -0.482 e. The fraction of sp³-hybridized carbons (Fsp3) is 0.320. The third-order valence-electron chi connectivity index (χ3n) is 6.14. The van der Waals surface area contributed by atoms with Gasteiger partial charge in [0.05, 0.1) is 17.1 Å². The Morgan fingerprint density at radius 1 is 1.21 bits per heavy atom. The van der Waals surface area contributed by atoms with Gasteiger partial charge in [0.25, 0.3) is 5.91 Å². The van der Waals surface area contributed by atoms with Crippen LogP contribution in [0.1, 0.15) is 24.8 Å². The van der Waals surface area contributed by atoms with Crippen LogP contribution in [0, 0.1) is 6.92 Å². The summed E-state index contributed by atoms with van der Waals surface area (Å²) in [7, 11) is 0. The lowest BCUT2D eigenvalue weighted by atomic mass is 10.1. The molecule has 2 aromatic carbocycles. The van der Waals surface area contributed by atoms with Gasteiger partial charge in [0.2, 0.25) is 5.91 Å². The molecule has 7 nitrogen and oxygen atoms in total. The number of hydrogen-bond acceptors (Lipinski definition) is 5. The van der Waals surface area contributed by atoms with Crippen LogP contribution in [-0.4, -0.2) is 41.0 Å². The van der Waals surface area contributed by atoms with E-state index in [4.69, 9.17) is 21.3 Å². The summed E-state index contributed by atoms with van der Waals surface area (Å²) in [5.74, 6) is 0.739. The molecule has 0 bridgehead atoms. The number of hydrogen-bond donors (Lipinski definition) is 1. The zero-order chi connectivity index (χ0) is 23.7. The number of rotatable bonds is 6. The average molecular weight is 497 g/mol. The molecule has 2 aliphatic rings. The maximum Gasteiger partial charge on any atom is 0.262 e. The number of fused-ring (bicyclic) bond motifs is 1. The van der Waals surface area contributed by atoms with Crippen molar-refractivity contribution in [3.63, 3.8) is 0 Å². The molecule has 3 heterocycles. The Morgan fingerprint density at radius 2 is 2.09 bits per heavy atom. The third kappa shape index (κ3) is 4.60. The molecular formula is C25H25ClN4O3S. The van der Waals surface area contributed by atoms with Gasteiger partial charge in [-0.25, -0.2) is 4.99 Å². The molecule has 5 rings (SSSR count). The number of thiazole rings is 1. The molecule has 2 aliphatic heterocycles. The summed E-state index contributed by atoms with van der Waals surface area (Å²) >= 11 is 7.88. The summed E-state index contributed by atoms with van der Waals surface area (Å²) in [4.78, 5) is 31.6. The van der Waals surface area contributed by atoms with E-state index in [2.05, 4.69) is 15.3 Å². The molecule has 1 fully saturated rings. The smallest absolute Gasteiger partial charge is 0.262 e. The van der Waals surface area contributed by atoms with Crippen molar-refractivity contribution in [3.8, 4) is 17.0 Å². The van der Waals surface area contributed by atoms with Crippen molar-refractivity contribution in [1.82, 2.24) is 9.47 Å². The first-order valence-corrected chi connectivity index (χ1v) is 12.6. The predicted octanol–water partition coefficient (Wildman–Crippen LogP) is 4.75.